The van der Waals surface area contributed by atoms with Crippen LogP contribution < -0.4 is 38.5 Å². The number of hydrogen-bond acceptors (Lipinski definition) is 7. The molecule has 0 aliphatic heterocycles. The second-order valence-electron chi connectivity index (χ2n) is 12.5. The van der Waals surface area contributed by atoms with Crippen molar-refractivity contribution in [1.82, 2.24) is 31.2 Å². The molecule has 15 heteroatoms. The van der Waals surface area contributed by atoms with E-state index in [4.69, 9.17) is 17.2 Å². The summed E-state index contributed by atoms with van der Waals surface area (Å²) in [6.07, 6.45) is 3.48. The molecule has 0 unspecified atom stereocenters. The number of hydrogen-bond donors (Lipinski definition) is 8. The number of guanidine groups is 1. The number of rotatable bonds is 19. The van der Waals surface area contributed by atoms with Crippen molar-refractivity contribution < 1.29 is 24.0 Å². The Balaban J connectivity index is 1.63. The lowest BCUT2D eigenvalue weighted by molar-refractivity contribution is -0.134. The van der Waals surface area contributed by atoms with Crippen molar-refractivity contribution in [3.05, 3.63) is 126 Å². The highest BCUT2D eigenvalue weighted by Crippen LogP contribution is 2.28. The molecule has 0 bridgehead atoms. The van der Waals surface area contributed by atoms with Crippen LogP contribution in [0.2, 0.25) is 0 Å². The Labute approximate surface area is 307 Å². The van der Waals surface area contributed by atoms with Crippen molar-refractivity contribution in [3.8, 4) is 0 Å². The number of carbonyl (C=O) groups is 5. The molecule has 4 rings (SSSR count). The molecule has 0 aliphatic carbocycles. The molecule has 0 saturated carbocycles. The van der Waals surface area contributed by atoms with Gasteiger partial charge < -0.3 is 43.5 Å². The van der Waals surface area contributed by atoms with Crippen molar-refractivity contribution >= 4 is 35.5 Å². The zero-order valence-electron chi connectivity index (χ0n) is 29.4. The molecule has 53 heavy (non-hydrogen) atoms. The van der Waals surface area contributed by atoms with Crippen LogP contribution in [-0.2, 0) is 36.8 Å². The van der Waals surface area contributed by atoms with Crippen LogP contribution in [0.4, 0.5) is 0 Å². The van der Waals surface area contributed by atoms with Crippen LogP contribution in [0, 0.1) is 0 Å². The second kappa shape index (κ2) is 19.8. The van der Waals surface area contributed by atoms with E-state index in [0.717, 1.165) is 16.7 Å². The number of carbonyl (C=O) groups excluding carboxylic acids is 5. The number of imidazole rings is 1. The van der Waals surface area contributed by atoms with Gasteiger partial charge in [-0.15, -0.1) is 0 Å². The summed E-state index contributed by atoms with van der Waals surface area (Å²) in [5, 5.41) is 11.0. The number of benzene rings is 3. The van der Waals surface area contributed by atoms with Gasteiger partial charge in [0.25, 0.3) is 0 Å². The highest BCUT2D eigenvalue weighted by molar-refractivity contribution is 5.95. The minimum Gasteiger partial charge on any atom is -0.370 e. The van der Waals surface area contributed by atoms with Crippen LogP contribution in [-0.4, -0.2) is 76.2 Å². The molecule has 0 spiro atoms. The maximum absolute atomic E-state index is 14.1. The van der Waals surface area contributed by atoms with Crippen molar-refractivity contribution in [1.29, 1.82) is 0 Å². The Morgan fingerprint density at radius 3 is 1.74 bits per heavy atom. The largest absolute Gasteiger partial charge is 0.370 e. The molecule has 1 aromatic heterocycles. The van der Waals surface area contributed by atoms with Crippen molar-refractivity contribution in [2.45, 2.75) is 62.7 Å². The fourth-order valence-electron chi connectivity index (χ4n) is 5.92. The maximum atomic E-state index is 14.1. The Kier molecular flexibility index (Phi) is 14.7. The molecule has 0 radical (unpaired) electrons. The normalized spacial score (nSPS) is 13.1. The van der Waals surface area contributed by atoms with E-state index in [1.165, 1.54) is 19.4 Å². The number of aromatic nitrogens is 2. The number of nitrogens with one attached hydrogen (secondary N) is 5. The minimum atomic E-state index is -1.20. The number of aliphatic imine (C=N–C) groups is 1. The Hall–Kier alpha value is -6.51. The predicted octanol–water partition coefficient (Wildman–Crippen LogP) is 0.525. The third kappa shape index (κ3) is 12.3. The third-order valence-electron chi connectivity index (χ3n) is 8.42. The van der Waals surface area contributed by atoms with E-state index in [0.29, 0.717) is 5.69 Å². The zero-order chi connectivity index (χ0) is 38.2. The first-order chi connectivity index (χ1) is 25.5. The monoisotopic (exact) mass is 722 g/mol. The summed E-state index contributed by atoms with van der Waals surface area (Å²) in [6, 6.07) is 22.7. The van der Waals surface area contributed by atoms with Crippen LogP contribution in [0.3, 0.4) is 0 Å². The highest BCUT2D eigenvalue weighted by atomic mass is 16.2. The molecular weight excluding hydrogens is 676 g/mol. The van der Waals surface area contributed by atoms with Gasteiger partial charge in [0.15, 0.2) is 5.96 Å². The average Bonchev–Trinajstić information content (AvgIpc) is 3.66. The fourth-order valence-corrected chi connectivity index (χ4v) is 5.92. The van der Waals surface area contributed by atoms with E-state index < -0.39 is 59.6 Å². The van der Waals surface area contributed by atoms with E-state index >= 15 is 0 Å². The molecule has 4 aromatic rings. The molecule has 4 atom stereocenters. The van der Waals surface area contributed by atoms with Gasteiger partial charge >= 0.3 is 0 Å². The SMILES string of the molecule is CC(=O)N[C@@H](Cc1cnc[nH]1)C(=O)N[C@@H](Cc1ccccc1)C(=O)N[C@@H](CCCN=C(N)N)C(=O)N[C@H](C(N)=O)C(c1ccccc1)c1ccccc1. The molecule has 3 aromatic carbocycles. The van der Waals surface area contributed by atoms with Gasteiger partial charge in [0.1, 0.15) is 24.2 Å². The molecule has 5 amide bonds. The number of nitrogens with zero attached hydrogens (tertiary/aromatic N) is 2. The topological polar surface area (TPSA) is 253 Å². The number of H-pyrrole nitrogens is 1. The van der Waals surface area contributed by atoms with E-state index in [1.807, 2.05) is 66.7 Å². The second-order valence-corrected chi connectivity index (χ2v) is 12.5. The number of aromatic amines is 1. The van der Waals surface area contributed by atoms with Crippen molar-refractivity contribution in [2.24, 2.45) is 22.2 Å². The molecule has 0 fully saturated rings. The summed E-state index contributed by atoms with van der Waals surface area (Å²) in [7, 11) is 0. The summed E-state index contributed by atoms with van der Waals surface area (Å²) < 4.78 is 0. The van der Waals surface area contributed by atoms with E-state index in [9.17, 15) is 24.0 Å². The van der Waals surface area contributed by atoms with Gasteiger partial charge in [0.05, 0.1) is 6.33 Å². The van der Waals surface area contributed by atoms with Gasteiger partial charge in [-0.2, -0.15) is 0 Å². The summed E-state index contributed by atoms with van der Waals surface area (Å²) in [5.41, 5.74) is 19.8. The van der Waals surface area contributed by atoms with Crippen molar-refractivity contribution in [3.63, 3.8) is 0 Å². The van der Waals surface area contributed by atoms with Crippen LogP contribution in [0.15, 0.2) is 109 Å². The average molecular weight is 723 g/mol. The molecule has 278 valence electrons. The first kappa shape index (κ1) is 39.3. The molecular formula is C38H46N10O5. The summed E-state index contributed by atoms with van der Waals surface area (Å²) >= 11 is 0. The van der Waals surface area contributed by atoms with E-state index in [2.05, 4.69) is 36.2 Å². The number of amides is 5. The summed E-state index contributed by atoms with van der Waals surface area (Å²) in [4.78, 5) is 77.9. The molecule has 11 N–H and O–H groups in total. The standard InChI is InChI=1S/C38H46N10O5/c1-24(49)45-31(21-28-22-42-23-44-28)37(53)47-30(20-25-12-5-2-6-13-25)36(52)46-29(18-11-19-43-38(40)41)35(51)48-33(34(39)50)32(26-14-7-3-8-15-26)27-16-9-4-10-17-27/h2-10,12-17,22-23,29-33H,11,18-21H2,1H3,(H2,39,50)(H,42,44)(H,45,49)(H,46,52)(H,47,53)(H,48,51)(H4,40,41,43)/t29-,30-,31-,33-/m0/s1. The van der Waals surface area contributed by atoms with Gasteiger partial charge in [0, 0.05) is 44.1 Å². The quantitative estimate of drug-likeness (QED) is 0.0384. The van der Waals surface area contributed by atoms with Gasteiger partial charge in [-0.05, 0) is 29.5 Å². The molecule has 15 nitrogen and oxygen atoms in total. The van der Waals surface area contributed by atoms with Gasteiger partial charge in [0.2, 0.25) is 29.5 Å². The Bertz CT molecular complexity index is 1780. The molecule has 1 heterocycles. The predicted molar refractivity (Wildman–Crippen MR) is 200 cm³/mol. The van der Waals surface area contributed by atoms with Crippen LogP contribution in [0.5, 0.6) is 0 Å². The van der Waals surface area contributed by atoms with Crippen LogP contribution in [0.1, 0.15) is 48.1 Å². The van der Waals surface area contributed by atoms with Crippen LogP contribution in [0.25, 0.3) is 0 Å². The number of primary amides is 1. The van der Waals surface area contributed by atoms with Crippen LogP contribution >= 0.6 is 0 Å². The smallest absolute Gasteiger partial charge is 0.243 e. The highest BCUT2D eigenvalue weighted by Gasteiger charge is 2.35. The molecule has 0 saturated heterocycles. The zero-order valence-corrected chi connectivity index (χ0v) is 29.4. The van der Waals surface area contributed by atoms with E-state index in [-0.39, 0.29) is 38.2 Å². The first-order valence-corrected chi connectivity index (χ1v) is 17.2. The lowest BCUT2D eigenvalue weighted by Crippen LogP contribution is -2.59. The van der Waals surface area contributed by atoms with Gasteiger partial charge in [-0.3, -0.25) is 29.0 Å². The Morgan fingerprint density at radius 1 is 0.698 bits per heavy atom. The molecule has 0 aliphatic rings. The van der Waals surface area contributed by atoms with E-state index in [1.54, 1.807) is 24.3 Å². The third-order valence-corrected chi connectivity index (χ3v) is 8.42. The lowest BCUT2D eigenvalue weighted by atomic mass is 9.84. The summed E-state index contributed by atoms with van der Waals surface area (Å²) in [5.74, 6) is -3.98. The lowest BCUT2D eigenvalue weighted by Gasteiger charge is -2.29. The van der Waals surface area contributed by atoms with Gasteiger partial charge in [-0.25, -0.2) is 4.98 Å². The Morgan fingerprint density at radius 2 is 1.23 bits per heavy atom. The fraction of sp³-hybridized carbons (Fsp3) is 0.289. The van der Waals surface area contributed by atoms with Crippen molar-refractivity contribution in [2.75, 3.05) is 6.54 Å². The van der Waals surface area contributed by atoms with Gasteiger partial charge in [-0.1, -0.05) is 91.0 Å². The maximum Gasteiger partial charge on any atom is 0.243 e. The summed E-state index contributed by atoms with van der Waals surface area (Å²) in [6.45, 7) is 1.44. The minimum absolute atomic E-state index is 0.0611. The number of nitrogens with two attached hydrogens (primary N) is 3. The first-order valence-electron chi connectivity index (χ1n) is 17.2.